The Morgan fingerprint density at radius 2 is 2.14 bits per heavy atom. The zero-order chi connectivity index (χ0) is 16.0. The fourth-order valence-electron chi connectivity index (χ4n) is 2.00. The van der Waals surface area contributed by atoms with Crippen LogP contribution in [0.5, 0.6) is 0 Å². The first-order valence-electron chi connectivity index (χ1n) is 7.35. The highest BCUT2D eigenvalue weighted by Crippen LogP contribution is 2.21. The molecule has 6 heteroatoms. The number of alkyl carbamates (subject to hydrolysis) is 1. The molecule has 1 heterocycles. The average molecular weight is 313 g/mol. The standard InChI is InChI=1S/C15H27N3O2S/c1-7-12(8-16-14(19)20-15(4,5)6)18-11(3)13-10(2)17-9-21-13/h9,11-12,18H,7-8H2,1-6H3,(H,16,19). The summed E-state index contributed by atoms with van der Waals surface area (Å²) in [5, 5.41) is 6.35. The van der Waals surface area contributed by atoms with Crippen molar-refractivity contribution in [2.24, 2.45) is 0 Å². The third-order valence-electron chi connectivity index (χ3n) is 3.05. The van der Waals surface area contributed by atoms with Crippen molar-refractivity contribution in [3.63, 3.8) is 0 Å². The molecule has 0 saturated carbocycles. The minimum atomic E-state index is -0.466. The minimum Gasteiger partial charge on any atom is -0.444 e. The summed E-state index contributed by atoms with van der Waals surface area (Å²) in [7, 11) is 0. The van der Waals surface area contributed by atoms with Gasteiger partial charge in [-0.15, -0.1) is 11.3 Å². The summed E-state index contributed by atoms with van der Waals surface area (Å²) in [6.45, 7) is 12.4. The van der Waals surface area contributed by atoms with E-state index in [4.69, 9.17) is 4.74 Å². The second-order valence-electron chi connectivity index (χ2n) is 6.18. The van der Waals surface area contributed by atoms with Gasteiger partial charge in [-0.25, -0.2) is 9.78 Å². The molecular formula is C15H27N3O2S. The number of aromatic nitrogens is 1. The molecule has 2 N–H and O–H groups in total. The first-order chi connectivity index (χ1) is 9.73. The Labute approximate surface area is 131 Å². The Bertz CT molecular complexity index is 454. The number of carbonyl (C=O) groups is 1. The smallest absolute Gasteiger partial charge is 0.407 e. The summed E-state index contributed by atoms with van der Waals surface area (Å²) in [5.41, 5.74) is 2.46. The second kappa shape index (κ2) is 7.75. The van der Waals surface area contributed by atoms with Gasteiger partial charge in [0.25, 0.3) is 0 Å². The van der Waals surface area contributed by atoms with Crippen molar-refractivity contribution in [1.82, 2.24) is 15.6 Å². The summed E-state index contributed by atoms with van der Waals surface area (Å²) < 4.78 is 5.24. The summed E-state index contributed by atoms with van der Waals surface area (Å²) >= 11 is 1.66. The van der Waals surface area contributed by atoms with Gasteiger partial charge in [0.05, 0.1) is 11.2 Å². The highest BCUT2D eigenvalue weighted by Gasteiger charge is 2.19. The number of carbonyl (C=O) groups excluding carboxylic acids is 1. The quantitative estimate of drug-likeness (QED) is 0.845. The van der Waals surface area contributed by atoms with Gasteiger partial charge in [-0.1, -0.05) is 6.92 Å². The molecule has 1 amide bonds. The molecule has 0 aliphatic rings. The summed E-state index contributed by atoms with van der Waals surface area (Å²) in [4.78, 5) is 17.2. The molecule has 0 spiro atoms. The van der Waals surface area contributed by atoms with Gasteiger partial charge in [-0.05, 0) is 41.0 Å². The van der Waals surface area contributed by atoms with E-state index in [1.807, 2.05) is 33.2 Å². The number of nitrogens with one attached hydrogen (secondary N) is 2. The van der Waals surface area contributed by atoms with Crippen LogP contribution >= 0.6 is 11.3 Å². The largest absolute Gasteiger partial charge is 0.444 e. The maximum atomic E-state index is 11.7. The zero-order valence-corrected chi connectivity index (χ0v) is 14.6. The van der Waals surface area contributed by atoms with Crippen molar-refractivity contribution in [1.29, 1.82) is 0 Å². The number of hydrogen-bond donors (Lipinski definition) is 2. The maximum Gasteiger partial charge on any atom is 0.407 e. The Balaban J connectivity index is 2.45. The van der Waals surface area contributed by atoms with Crippen molar-refractivity contribution in [3.8, 4) is 0 Å². The molecule has 0 aromatic carbocycles. The molecule has 0 aliphatic carbocycles. The molecule has 0 radical (unpaired) electrons. The lowest BCUT2D eigenvalue weighted by Crippen LogP contribution is -2.43. The molecule has 2 atom stereocenters. The van der Waals surface area contributed by atoms with Gasteiger partial charge in [0.1, 0.15) is 5.60 Å². The third-order valence-corrected chi connectivity index (χ3v) is 4.16. The molecule has 120 valence electrons. The molecule has 1 rings (SSSR count). The highest BCUT2D eigenvalue weighted by molar-refractivity contribution is 7.09. The zero-order valence-electron chi connectivity index (χ0n) is 13.8. The maximum absolute atomic E-state index is 11.7. The van der Waals surface area contributed by atoms with E-state index in [0.717, 1.165) is 12.1 Å². The summed E-state index contributed by atoms with van der Waals surface area (Å²) in [5.74, 6) is 0. The van der Waals surface area contributed by atoms with Crippen molar-refractivity contribution >= 4 is 17.4 Å². The van der Waals surface area contributed by atoms with E-state index < -0.39 is 5.60 Å². The van der Waals surface area contributed by atoms with Gasteiger partial charge >= 0.3 is 6.09 Å². The predicted octanol–water partition coefficient (Wildman–Crippen LogP) is 3.41. The second-order valence-corrected chi connectivity index (χ2v) is 7.06. The van der Waals surface area contributed by atoms with Crippen LogP contribution in [0.2, 0.25) is 0 Å². The minimum absolute atomic E-state index is 0.203. The Morgan fingerprint density at radius 1 is 1.48 bits per heavy atom. The molecule has 0 aliphatic heterocycles. The van der Waals surface area contributed by atoms with E-state index in [1.165, 1.54) is 4.88 Å². The lowest BCUT2D eigenvalue weighted by Gasteiger charge is -2.24. The lowest BCUT2D eigenvalue weighted by molar-refractivity contribution is 0.0521. The van der Waals surface area contributed by atoms with E-state index in [9.17, 15) is 4.79 Å². The fourth-order valence-corrected chi connectivity index (χ4v) is 2.82. The number of rotatable bonds is 6. The Kier molecular flexibility index (Phi) is 6.61. The molecule has 1 aromatic rings. The summed E-state index contributed by atoms with van der Waals surface area (Å²) in [6, 6.07) is 0.428. The fraction of sp³-hybridized carbons (Fsp3) is 0.733. The first-order valence-corrected chi connectivity index (χ1v) is 8.23. The number of hydrogen-bond acceptors (Lipinski definition) is 5. The highest BCUT2D eigenvalue weighted by atomic mass is 32.1. The topological polar surface area (TPSA) is 63.2 Å². The molecule has 21 heavy (non-hydrogen) atoms. The number of amides is 1. The first kappa shape index (κ1) is 17.9. The van der Waals surface area contributed by atoms with Crippen molar-refractivity contribution in [2.45, 2.75) is 65.6 Å². The van der Waals surface area contributed by atoms with E-state index in [0.29, 0.717) is 6.54 Å². The van der Waals surface area contributed by atoms with Gasteiger partial charge in [-0.2, -0.15) is 0 Å². The molecular weight excluding hydrogens is 286 g/mol. The molecule has 5 nitrogen and oxygen atoms in total. The molecule has 1 aromatic heterocycles. The van der Waals surface area contributed by atoms with Gasteiger partial charge < -0.3 is 15.4 Å². The van der Waals surface area contributed by atoms with Crippen LogP contribution < -0.4 is 10.6 Å². The Hall–Kier alpha value is -1.14. The number of ether oxygens (including phenoxy) is 1. The van der Waals surface area contributed by atoms with Crippen LogP contribution in [0.4, 0.5) is 4.79 Å². The van der Waals surface area contributed by atoms with Crippen LogP contribution in [-0.2, 0) is 4.74 Å². The third kappa shape index (κ3) is 6.44. The average Bonchev–Trinajstić information content (AvgIpc) is 2.78. The number of nitrogens with zero attached hydrogens (tertiary/aromatic N) is 1. The van der Waals surface area contributed by atoms with Crippen molar-refractivity contribution < 1.29 is 9.53 Å². The van der Waals surface area contributed by atoms with Gasteiger partial charge in [0.2, 0.25) is 0 Å². The van der Waals surface area contributed by atoms with Crippen LogP contribution in [-0.4, -0.2) is 29.3 Å². The van der Waals surface area contributed by atoms with Crippen LogP contribution in [0.1, 0.15) is 57.7 Å². The van der Waals surface area contributed by atoms with Gasteiger partial charge in [0.15, 0.2) is 0 Å². The number of thiazole rings is 1. The van der Waals surface area contributed by atoms with Crippen LogP contribution in [0.25, 0.3) is 0 Å². The van der Waals surface area contributed by atoms with Crippen LogP contribution in [0.3, 0.4) is 0 Å². The van der Waals surface area contributed by atoms with Crippen molar-refractivity contribution in [2.75, 3.05) is 6.54 Å². The number of aryl methyl sites for hydroxylation is 1. The summed E-state index contributed by atoms with van der Waals surface area (Å²) in [6.07, 6.45) is 0.558. The molecule has 0 fully saturated rings. The normalized spacial score (nSPS) is 14.6. The molecule has 0 saturated heterocycles. The monoisotopic (exact) mass is 313 g/mol. The lowest BCUT2D eigenvalue weighted by atomic mass is 10.1. The van der Waals surface area contributed by atoms with Gasteiger partial charge in [0, 0.05) is 23.5 Å². The Morgan fingerprint density at radius 3 is 2.62 bits per heavy atom. The molecule has 0 bridgehead atoms. The van der Waals surface area contributed by atoms with Crippen molar-refractivity contribution in [3.05, 3.63) is 16.1 Å². The SMILES string of the molecule is CCC(CNC(=O)OC(C)(C)C)NC(C)c1scnc1C. The van der Waals surface area contributed by atoms with E-state index in [1.54, 1.807) is 11.3 Å². The predicted molar refractivity (Wildman–Crippen MR) is 86.7 cm³/mol. The van der Waals surface area contributed by atoms with Crippen LogP contribution in [0.15, 0.2) is 5.51 Å². The molecule has 2 unspecified atom stereocenters. The van der Waals surface area contributed by atoms with E-state index >= 15 is 0 Å². The van der Waals surface area contributed by atoms with Gasteiger partial charge in [-0.3, -0.25) is 0 Å². The van der Waals surface area contributed by atoms with E-state index in [-0.39, 0.29) is 18.2 Å². The van der Waals surface area contributed by atoms with Crippen LogP contribution in [0, 0.1) is 6.92 Å². The van der Waals surface area contributed by atoms with E-state index in [2.05, 4.69) is 29.5 Å².